The molecular weight excluding hydrogens is 234 g/mol. The van der Waals surface area contributed by atoms with Gasteiger partial charge in [0.1, 0.15) is 0 Å². The average molecular weight is 247 g/mol. The van der Waals surface area contributed by atoms with Crippen LogP contribution in [0.25, 0.3) is 23.2 Å². The van der Waals surface area contributed by atoms with E-state index in [0.717, 1.165) is 22.3 Å². The van der Waals surface area contributed by atoms with Crippen molar-refractivity contribution in [2.24, 2.45) is 0 Å². The standard InChI is InChI=1S/C16H13N3/c1(2-6-14-7-3-4-10-17-14)5-13-8-9-15-16(11-13)19-12-18-15/h1-12H,(H,18,19). The summed E-state index contributed by atoms with van der Waals surface area (Å²) in [6.07, 6.45) is 11.5. The van der Waals surface area contributed by atoms with E-state index in [-0.39, 0.29) is 0 Å². The normalized spacial score (nSPS) is 11.8. The lowest BCUT2D eigenvalue weighted by Crippen LogP contribution is -1.75. The van der Waals surface area contributed by atoms with Crippen LogP contribution in [0.3, 0.4) is 0 Å². The van der Waals surface area contributed by atoms with Crippen LogP contribution in [0.2, 0.25) is 0 Å². The van der Waals surface area contributed by atoms with Gasteiger partial charge in [0, 0.05) is 6.20 Å². The summed E-state index contributed by atoms with van der Waals surface area (Å²) in [5.74, 6) is 0. The van der Waals surface area contributed by atoms with Gasteiger partial charge >= 0.3 is 0 Å². The van der Waals surface area contributed by atoms with Crippen molar-refractivity contribution in [1.82, 2.24) is 15.0 Å². The second-order valence-electron chi connectivity index (χ2n) is 4.15. The van der Waals surface area contributed by atoms with Gasteiger partial charge in [0.2, 0.25) is 0 Å². The number of hydrogen-bond donors (Lipinski definition) is 1. The molecule has 1 aromatic carbocycles. The molecule has 0 saturated carbocycles. The van der Waals surface area contributed by atoms with E-state index in [4.69, 9.17) is 0 Å². The number of fused-ring (bicyclic) bond motifs is 1. The molecule has 0 aliphatic carbocycles. The Bertz CT molecular complexity index is 724. The number of hydrogen-bond acceptors (Lipinski definition) is 2. The number of aromatic nitrogens is 3. The fraction of sp³-hybridized carbons (Fsp3) is 0. The third kappa shape index (κ3) is 2.77. The molecule has 0 saturated heterocycles. The molecule has 92 valence electrons. The second-order valence-corrected chi connectivity index (χ2v) is 4.15. The van der Waals surface area contributed by atoms with Crippen molar-refractivity contribution in [2.45, 2.75) is 0 Å². The zero-order chi connectivity index (χ0) is 12.9. The predicted molar refractivity (Wildman–Crippen MR) is 78.4 cm³/mol. The minimum atomic E-state index is 0.955. The number of rotatable bonds is 3. The van der Waals surface area contributed by atoms with Gasteiger partial charge in [-0.2, -0.15) is 0 Å². The van der Waals surface area contributed by atoms with Crippen LogP contribution in [0.15, 0.2) is 61.1 Å². The minimum absolute atomic E-state index is 0.955. The van der Waals surface area contributed by atoms with Gasteiger partial charge in [-0.05, 0) is 35.9 Å². The molecule has 0 aliphatic heterocycles. The first-order valence-corrected chi connectivity index (χ1v) is 6.11. The molecule has 0 amide bonds. The Kier molecular flexibility index (Phi) is 3.19. The Labute approximate surface area is 111 Å². The van der Waals surface area contributed by atoms with E-state index in [2.05, 4.69) is 27.1 Å². The number of benzene rings is 1. The highest BCUT2D eigenvalue weighted by Gasteiger charge is 1.94. The van der Waals surface area contributed by atoms with Crippen LogP contribution in [0.1, 0.15) is 11.3 Å². The van der Waals surface area contributed by atoms with E-state index in [9.17, 15) is 0 Å². The molecule has 0 aliphatic rings. The monoisotopic (exact) mass is 247 g/mol. The van der Waals surface area contributed by atoms with Gasteiger partial charge in [-0.3, -0.25) is 4.98 Å². The van der Waals surface area contributed by atoms with Crippen LogP contribution in [-0.4, -0.2) is 15.0 Å². The zero-order valence-electron chi connectivity index (χ0n) is 10.3. The Morgan fingerprint density at radius 2 is 1.89 bits per heavy atom. The fourth-order valence-electron chi connectivity index (χ4n) is 1.85. The Hall–Kier alpha value is -2.68. The smallest absolute Gasteiger partial charge is 0.0931 e. The van der Waals surface area contributed by atoms with E-state index < -0.39 is 0 Å². The summed E-state index contributed by atoms with van der Waals surface area (Å²) in [5, 5.41) is 0. The number of allylic oxidation sites excluding steroid dienone is 2. The second kappa shape index (κ2) is 5.31. The molecule has 0 fully saturated rings. The van der Waals surface area contributed by atoms with Gasteiger partial charge in [-0.1, -0.05) is 30.4 Å². The lowest BCUT2D eigenvalue weighted by Gasteiger charge is -1.92. The molecular formula is C16H13N3. The Morgan fingerprint density at radius 3 is 2.79 bits per heavy atom. The number of nitrogens with one attached hydrogen (secondary N) is 1. The highest BCUT2D eigenvalue weighted by atomic mass is 14.9. The van der Waals surface area contributed by atoms with Crippen LogP contribution >= 0.6 is 0 Å². The maximum Gasteiger partial charge on any atom is 0.0931 e. The van der Waals surface area contributed by atoms with Crippen molar-refractivity contribution < 1.29 is 0 Å². The van der Waals surface area contributed by atoms with E-state index in [1.807, 2.05) is 48.6 Å². The Morgan fingerprint density at radius 1 is 0.947 bits per heavy atom. The quantitative estimate of drug-likeness (QED) is 0.717. The van der Waals surface area contributed by atoms with Crippen molar-refractivity contribution in [1.29, 1.82) is 0 Å². The lowest BCUT2D eigenvalue weighted by atomic mass is 10.2. The summed E-state index contributed by atoms with van der Waals surface area (Å²) in [6, 6.07) is 12.0. The van der Waals surface area contributed by atoms with Crippen molar-refractivity contribution in [2.75, 3.05) is 0 Å². The summed E-state index contributed by atoms with van der Waals surface area (Å²) in [6.45, 7) is 0. The van der Waals surface area contributed by atoms with Gasteiger partial charge in [-0.25, -0.2) is 4.98 Å². The molecule has 0 spiro atoms. The predicted octanol–water partition coefficient (Wildman–Crippen LogP) is 3.68. The number of nitrogens with zero attached hydrogens (tertiary/aromatic N) is 2. The molecule has 3 nitrogen and oxygen atoms in total. The van der Waals surface area contributed by atoms with Gasteiger partial charge in [0.25, 0.3) is 0 Å². The maximum absolute atomic E-state index is 4.22. The third-order valence-electron chi connectivity index (χ3n) is 2.80. The summed E-state index contributed by atoms with van der Waals surface area (Å²) in [4.78, 5) is 11.5. The Balaban J connectivity index is 1.73. The molecule has 0 unspecified atom stereocenters. The van der Waals surface area contributed by atoms with E-state index in [0.29, 0.717) is 0 Å². The topological polar surface area (TPSA) is 41.6 Å². The minimum Gasteiger partial charge on any atom is -0.345 e. The molecule has 1 N–H and O–H groups in total. The van der Waals surface area contributed by atoms with Crippen LogP contribution < -0.4 is 0 Å². The first-order valence-electron chi connectivity index (χ1n) is 6.11. The first kappa shape index (κ1) is 11.4. The first-order chi connectivity index (χ1) is 9.42. The highest BCUT2D eigenvalue weighted by Crippen LogP contribution is 2.12. The molecule has 0 bridgehead atoms. The zero-order valence-corrected chi connectivity index (χ0v) is 10.3. The summed E-state index contributed by atoms with van der Waals surface area (Å²) in [7, 11) is 0. The molecule has 2 heterocycles. The van der Waals surface area contributed by atoms with Crippen LogP contribution in [0.4, 0.5) is 0 Å². The van der Waals surface area contributed by atoms with E-state index >= 15 is 0 Å². The molecule has 2 aromatic heterocycles. The lowest BCUT2D eigenvalue weighted by molar-refractivity contribution is 1.30. The van der Waals surface area contributed by atoms with Crippen LogP contribution in [0.5, 0.6) is 0 Å². The van der Waals surface area contributed by atoms with E-state index in [1.165, 1.54) is 0 Å². The maximum atomic E-state index is 4.22. The van der Waals surface area contributed by atoms with Gasteiger partial charge in [0.05, 0.1) is 23.1 Å². The highest BCUT2D eigenvalue weighted by molar-refractivity contribution is 5.77. The van der Waals surface area contributed by atoms with Gasteiger partial charge in [-0.15, -0.1) is 0 Å². The average Bonchev–Trinajstić information content (AvgIpc) is 2.92. The molecule has 19 heavy (non-hydrogen) atoms. The summed E-state index contributed by atoms with van der Waals surface area (Å²) >= 11 is 0. The van der Waals surface area contributed by atoms with Crippen molar-refractivity contribution in [3.05, 3.63) is 72.3 Å². The molecule has 0 atom stereocenters. The number of H-pyrrole nitrogens is 1. The van der Waals surface area contributed by atoms with E-state index in [1.54, 1.807) is 12.5 Å². The SMILES string of the molecule is C(C=Cc1ccccn1)=Cc1ccc2nc[nH]c2c1. The van der Waals surface area contributed by atoms with Crippen molar-refractivity contribution >= 4 is 23.2 Å². The third-order valence-corrected chi connectivity index (χ3v) is 2.80. The van der Waals surface area contributed by atoms with Crippen LogP contribution in [-0.2, 0) is 0 Å². The number of imidazole rings is 1. The summed E-state index contributed by atoms with van der Waals surface area (Å²) < 4.78 is 0. The van der Waals surface area contributed by atoms with Crippen molar-refractivity contribution in [3.63, 3.8) is 0 Å². The fourth-order valence-corrected chi connectivity index (χ4v) is 1.85. The molecule has 3 rings (SSSR count). The van der Waals surface area contributed by atoms with Crippen LogP contribution in [0, 0.1) is 0 Å². The largest absolute Gasteiger partial charge is 0.345 e. The summed E-state index contributed by atoms with van der Waals surface area (Å²) in [5.41, 5.74) is 4.13. The number of aromatic amines is 1. The molecule has 0 radical (unpaired) electrons. The molecule has 3 aromatic rings. The molecule has 3 heteroatoms. The van der Waals surface area contributed by atoms with Gasteiger partial charge in [0.15, 0.2) is 0 Å². The number of pyridine rings is 1. The van der Waals surface area contributed by atoms with Crippen molar-refractivity contribution in [3.8, 4) is 0 Å². The van der Waals surface area contributed by atoms with Gasteiger partial charge < -0.3 is 4.98 Å².